The standard InChI is InChI=1S/C20H18F2N2O3/c1-3-24-11-17(13(2)23-24)19(25)8-7-15-5-6-16(27-15)12-26-20-9-4-14(21)10-18(20)22/h4-11H,3,12H2,1-2H3. The Morgan fingerprint density at radius 3 is 2.81 bits per heavy atom. The summed E-state index contributed by atoms with van der Waals surface area (Å²) in [6.45, 7) is 4.39. The molecule has 3 aromatic rings. The van der Waals surface area contributed by atoms with Crippen molar-refractivity contribution in [3.8, 4) is 5.75 Å². The van der Waals surface area contributed by atoms with E-state index >= 15 is 0 Å². The van der Waals surface area contributed by atoms with E-state index in [0.29, 0.717) is 29.3 Å². The molecule has 2 heterocycles. The molecule has 5 nitrogen and oxygen atoms in total. The largest absolute Gasteiger partial charge is 0.483 e. The Morgan fingerprint density at radius 1 is 1.30 bits per heavy atom. The Kier molecular flexibility index (Phi) is 5.49. The number of benzene rings is 1. The second-order valence-corrected chi connectivity index (χ2v) is 5.85. The van der Waals surface area contributed by atoms with Crippen molar-refractivity contribution < 1.29 is 22.7 Å². The number of ether oxygens (including phenoxy) is 1. The summed E-state index contributed by atoms with van der Waals surface area (Å²) in [5.74, 6) is -0.786. The first-order chi connectivity index (χ1) is 13.0. The Morgan fingerprint density at radius 2 is 2.11 bits per heavy atom. The van der Waals surface area contributed by atoms with E-state index in [0.717, 1.165) is 12.1 Å². The number of furan rings is 1. The van der Waals surface area contributed by atoms with Crippen molar-refractivity contribution >= 4 is 11.9 Å². The van der Waals surface area contributed by atoms with E-state index in [4.69, 9.17) is 9.15 Å². The molecule has 0 radical (unpaired) electrons. The third-order valence-corrected chi connectivity index (χ3v) is 3.88. The lowest BCUT2D eigenvalue weighted by atomic mass is 10.1. The molecule has 0 spiro atoms. The van der Waals surface area contributed by atoms with Gasteiger partial charge in [0.25, 0.3) is 0 Å². The molecule has 0 saturated carbocycles. The molecule has 0 bridgehead atoms. The van der Waals surface area contributed by atoms with Gasteiger partial charge in [0.15, 0.2) is 17.3 Å². The van der Waals surface area contributed by atoms with E-state index in [-0.39, 0.29) is 18.1 Å². The topological polar surface area (TPSA) is 57.3 Å². The molecule has 0 amide bonds. The van der Waals surface area contributed by atoms with Crippen molar-refractivity contribution in [3.05, 3.63) is 77.0 Å². The van der Waals surface area contributed by atoms with Gasteiger partial charge in [0.2, 0.25) is 0 Å². The fourth-order valence-corrected chi connectivity index (χ4v) is 2.47. The van der Waals surface area contributed by atoms with Crippen LogP contribution in [0.2, 0.25) is 0 Å². The highest BCUT2D eigenvalue weighted by Crippen LogP contribution is 2.20. The van der Waals surface area contributed by atoms with E-state index < -0.39 is 11.6 Å². The van der Waals surface area contributed by atoms with Crippen molar-refractivity contribution in [1.82, 2.24) is 9.78 Å². The fourth-order valence-electron chi connectivity index (χ4n) is 2.47. The summed E-state index contributed by atoms with van der Waals surface area (Å²) in [7, 11) is 0. The molecule has 2 aromatic heterocycles. The minimum Gasteiger partial charge on any atom is -0.483 e. The molecule has 3 rings (SSSR count). The first-order valence-electron chi connectivity index (χ1n) is 8.39. The normalized spacial score (nSPS) is 11.3. The summed E-state index contributed by atoms with van der Waals surface area (Å²) in [5, 5.41) is 4.24. The molecule has 0 unspecified atom stereocenters. The summed E-state index contributed by atoms with van der Waals surface area (Å²) in [6, 6.07) is 6.41. The van der Waals surface area contributed by atoms with Crippen LogP contribution in [0, 0.1) is 18.6 Å². The number of allylic oxidation sites excluding steroid dienone is 1. The number of hydrogen-bond acceptors (Lipinski definition) is 4. The van der Waals surface area contributed by atoms with Gasteiger partial charge in [-0.3, -0.25) is 9.48 Å². The maximum absolute atomic E-state index is 13.5. The van der Waals surface area contributed by atoms with Crippen LogP contribution in [0.15, 0.2) is 47.0 Å². The van der Waals surface area contributed by atoms with Gasteiger partial charge < -0.3 is 9.15 Å². The van der Waals surface area contributed by atoms with Gasteiger partial charge in [-0.25, -0.2) is 8.78 Å². The maximum Gasteiger partial charge on any atom is 0.189 e. The third kappa shape index (κ3) is 4.49. The Hall–Kier alpha value is -3.22. The van der Waals surface area contributed by atoms with Gasteiger partial charge in [-0.15, -0.1) is 0 Å². The summed E-state index contributed by atoms with van der Waals surface area (Å²) in [6.07, 6.45) is 4.67. The zero-order valence-corrected chi connectivity index (χ0v) is 14.9. The molecule has 0 N–H and O–H groups in total. The third-order valence-electron chi connectivity index (χ3n) is 3.88. The molecule has 0 aliphatic rings. The van der Waals surface area contributed by atoms with E-state index in [2.05, 4.69) is 5.10 Å². The van der Waals surface area contributed by atoms with Crippen LogP contribution in [0.3, 0.4) is 0 Å². The van der Waals surface area contributed by atoms with Crippen LogP contribution in [-0.4, -0.2) is 15.6 Å². The molecule has 0 aliphatic heterocycles. The fraction of sp³-hybridized carbons (Fsp3) is 0.200. The Balaban J connectivity index is 1.62. The van der Waals surface area contributed by atoms with Crippen LogP contribution >= 0.6 is 0 Å². The molecule has 0 aliphatic carbocycles. The molecule has 0 saturated heterocycles. The maximum atomic E-state index is 13.5. The summed E-state index contributed by atoms with van der Waals surface area (Å²) >= 11 is 0. The van der Waals surface area contributed by atoms with E-state index in [1.807, 2.05) is 6.92 Å². The number of aryl methyl sites for hydroxylation is 2. The smallest absolute Gasteiger partial charge is 0.189 e. The Labute approximate surface area is 154 Å². The lowest BCUT2D eigenvalue weighted by Gasteiger charge is -2.05. The molecule has 7 heteroatoms. The highest BCUT2D eigenvalue weighted by molar-refractivity contribution is 6.07. The van der Waals surface area contributed by atoms with Crippen LogP contribution in [-0.2, 0) is 13.2 Å². The van der Waals surface area contributed by atoms with E-state index in [1.165, 1.54) is 12.1 Å². The van der Waals surface area contributed by atoms with Crippen molar-refractivity contribution in [2.24, 2.45) is 0 Å². The van der Waals surface area contributed by atoms with Gasteiger partial charge in [0.05, 0.1) is 11.3 Å². The van der Waals surface area contributed by atoms with Crippen LogP contribution in [0.4, 0.5) is 8.78 Å². The first-order valence-corrected chi connectivity index (χ1v) is 8.39. The molecule has 27 heavy (non-hydrogen) atoms. The average Bonchev–Trinajstić information content (AvgIpc) is 3.25. The number of hydrogen-bond donors (Lipinski definition) is 0. The predicted molar refractivity (Wildman–Crippen MR) is 95.4 cm³/mol. The minimum atomic E-state index is -0.782. The van der Waals surface area contributed by atoms with Crippen molar-refractivity contribution in [2.45, 2.75) is 27.0 Å². The van der Waals surface area contributed by atoms with Gasteiger partial charge in [0, 0.05) is 18.8 Å². The van der Waals surface area contributed by atoms with Crippen LogP contribution in [0.5, 0.6) is 5.75 Å². The predicted octanol–water partition coefficient (Wildman–Crippen LogP) is 4.56. The number of aromatic nitrogens is 2. The number of carbonyl (C=O) groups is 1. The van der Waals surface area contributed by atoms with Crippen molar-refractivity contribution in [1.29, 1.82) is 0 Å². The Bertz CT molecular complexity index is 989. The number of nitrogens with zero attached hydrogens (tertiary/aromatic N) is 2. The highest BCUT2D eigenvalue weighted by atomic mass is 19.1. The van der Waals surface area contributed by atoms with Crippen molar-refractivity contribution in [2.75, 3.05) is 0 Å². The highest BCUT2D eigenvalue weighted by Gasteiger charge is 2.11. The number of halogens is 2. The second-order valence-electron chi connectivity index (χ2n) is 5.85. The molecule has 1 aromatic carbocycles. The zero-order chi connectivity index (χ0) is 19.4. The minimum absolute atomic E-state index is 0.0211. The lowest BCUT2D eigenvalue weighted by molar-refractivity contribution is 0.104. The second kappa shape index (κ2) is 7.99. The monoisotopic (exact) mass is 372 g/mol. The van der Waals surface area contributed by atoms with Crippen LogP contribution in [0.1, 0.15) is 34.5 Å². The van der Waals surface area contributed by atoms with Gasteiger partial charge >= 0.3 is 0 Å². The van der Waals surface area contributed by atoms with Crippen molar-refractivity contribution in [3.63, 3.8) is 0 Å². The number of rotatable bonds is 7. The van der Waals surface area contributed by atoms with Gasteiger partial charge in [-0.05, 0) is 50.3 Å². The molecule has 140 valence electrons. The summed E-state index contributed by atoms with van der Waals surface area (Å²) < 4.78 is 38.9. The average molecular weight is 372 g/mol. The number of ketones is 1. The molecular formula is C20H18F2N2O3. The molecule has 0 atom stereocenters. The van der Waals surface area contributed by atoms with Gasteiger partial charge in [0.1, 0.15) is 23.9 Å². The zero-order valence-electron chi connectivity index (χ0n) is 14.9. The SMILES string of the molecule is CCn1cc(C(=O)C=Cc2ccc(COc3ccc(F)cc3F)o2)c(C)n1. The van der Waals surface area contributed by atoms with Gasteiger partial charge in [-0.1, -0.05) is 0 Å². The van der Waals surface area contributed by atoms with Crippen LogP contribution in [0.25, 0.3) is 6.08 Å². The lowest BCUT2D eigenvalue weighted by Crippen LogP contribution is -1.96. The quantitative estimate of drug-likeness (QED) is 0.451. The number of carbonyl (C=O) groups excluding carboxylic acids is 1. The summed E-state index contributed by atoms with van der Waals surface area (Å²) in [5.41, 5.74) is 1.20. The first kappa shape index (κ1) is 18.6. The molecular weight excluding hydrogens is 354 g/mol. The molecule has 0 fully saturated rings. The van der Waals surface area contributed by atoms with E-state index in [1.54, 1.807) is 36.0 Å². The van der Waals surface area contributed by atoms with E-state index in [9.17, 15) is 13.6 Å². The summed E-state index contributed by atoms with van der Waals surface area (Å²) in [4.78, 5) is 12.3. The van der Waals surface area contributed by atoms with Gasteiger partial charge in [-0.2, -0.15) is 5.10 Å². The van der Waals surface area contributed by atoms with Crippen LogP contribution < -0.4 is 4.74 Å².